The highest BCUT2D eigenvalue weighted by atomic mass is 32.1. The van der Waals surface area contributed by atoms with Gasteiger partial charge in [-0.25, -0.2) is 4.98 Å². The molecule has 3 aromatic rings. The third-order valence-corrected chi connectivity index (χ3v) is 7.25. The number of rotatable bonds is 3. The average Bonchev–Trinajstić information content (AvgIpc) is 3.41. The minimum Gasteiger partial charge on any atom is -0.495 e. The molecule has 5 rings (SSSR count). The topological polar surface area (TPSA) is 77.7 Å². The summed E-state index contributed by atoms with van der Waals surface area (Å²) in [6.45, 7) is 3.74. The molecule has 0 unspecified atom stereocenters. The van der Waals surface area contributed by atoms with Crippen molar-refractivity contribution in [2.24, 2.45) is 0 Å². The van der Waals surface area contributed by atoms with Gasteiger partial charge in [-0.3, -0.25) is 9.78 Å². The molecule has 7 nitrogen and oxygen atoms in total. The molecule has 3 aromatic heterocycles. The lowest BCUT2D eigenvalue weighted by atomic mass is 9.82. The lowest BCUT2D eigenvalue weighted by molar-refractivity contribution is -0.0926. The summed E-state index contributed by atoms with van der Waals surface area (Å²) in [4.78, 5) is 25.8. The van der Waals surface area contributed by atoms with Gasteiger partial charge in [0.25, 0.3) is 5.91 Å². The molecule has 1 fully saturated rings. The predicted molar refractivity (Wildman–Crippen MR) is 112 cm³/mol. The van der Waals surface area contributed by atoms with Crippen molar-refractivity contribution in [3.05, 3.63) is 52.7 Å². The molecule has 0 aliphatic carbocycles. The molecule has 1 amide bonds. The second-order valence-corrected chi connectivity index (χ2v) is 8.81. The normalized spacial score (nSPS) is 17.7. The monoisotopic (exact) mass is 425 g/mol. The number of amides is 1. The van der Waals surface area contributed by atoms with Crippen molar-refractivity contribution in [1.29, 1.82) is 0 Å². The Balaban J connectivity index is 1.38. The first kappa shape index (κ1) is 19.3. The lowest BCUT2D eigenvalue weighted by Gasteiger charge is -2.43. The Hall–Kier alpha value is -2.71. The molecule has 0 bridgehead atoms. The van der Waals surface area contributed by atoms with Gasteiger partial charge in [0, 0.05) is 24.4 Å². The summed E-state index contributed by atoms with van der Waals surface area (Å²) in [5, 5.41) is 0. The molecule has 156 valence electrons. The fourth-order valence-electron chi connectivity index (χ4n) is 4.34. The number of ether oxygens (including phenoxy) is 2. The molecule has 2 aliphatic heterocycles. The molecule has 5 heterocycles. The molecule has 2 aliphatic rings. The first-order chi connectivity index (χ1) is 14.6. The Morgan fingerprint density at radius 3 is 2.77 bits per heavy atom. The number of fused-ring (bicyclic) bond motifs is 2. The highest BCUT2D eigenvalue weighted by Gasteiger charge is 2.43. The Morgan fingerprint density at radius 2 is 2.10 bits per heavy atom. The zero-order chi connectivity index (χ0) is 20.7. The highest BCUT2D eigenvalue weighted by molar-refractivity contribution is 7.15. The Morgan fingerprint density at radius 1 is 1.27 bits per heavy atom. The Kier molecular flexibility index (Phi) is 4.83. The van der Waals surface area contributed by atoms with Crippen molar-refractivity contribution in [2.45, 2.75) is 31.8 Å². The smallest absolute Gasteiger partial charge is 0.276 e. The zero-order valence-corrected chi connectivity index (χ0v) is 17.8. The Labute approximate surface area is 178 Å². The van der Waals surface area contributed by atoms with Crippen LogP contribution >= 0.6 is 11.3 Å². The third-order valence-electron chi connectivity index (χ3n) is 6.04. The average molecular weight is 426 g/mol. The van der Waals surface area contributed by atoms with Crippen LogP contribution < -0.4 is 4.74 Å². The molecule has 0 radical (unpaired) electrons. The van der Waals surface area contributed by atoms with Crippen LogP contribution in [0.1, 0.15) is 39.5 Å². The number of pyridine rings is 1. The second-order valence-electron chi connectivity index (χ2n) is 7.67. The number of hydrogen-bond donors (Lipinski definition) is 0. The van der Waals surface area contributed by atoms with E-state index in [1.165, 1.54) is 16.8 Å². The summed E-state index contributed by atoms with van der Waals surface area (Å²) < 4.78 is 16.8. The molecule has 30 heavy (non-hydrogen) atoms. The van der Waals surface area contributed by atoms with E-state index in [1.54, 1.807) is 31.6 Å². The Bertz CT molecular complexity index is 1060. The first-order valence-electron chi connectivity index (χ1n) is 10.1. The number of carbonyl (C=O) groups is 1. The number of thiophene rings is 1. The van der Waals surface area contributed by atoms with Crippen LogP contribution in [0, 0.1) is 6.92 Å². The van der Waals surface area contributed by atoms with E-state index in [4.69, 9.17) is 13.9 Å². The standard InChI is InChI=1S/C22H23N3O4S/c1-14-20(24-13-28-14)21(26)25-8-6-22(7-9-25)16-11-19(30-18(16)5-10-29-22)17-4-3-15(27-2)12-23-17/h3-4,11-13H,5-10H2,1-2H3. The van der Waals surface area contributed by atoms with Crippen molar-refractivity contribution in [1.82, 2.24) is 14.9 Å². The molecule has 0 N–H and O–H groups in total. The number of carbonyl (C=O) groups excluding carboxylic acids is 1. The predicted octanol–water partition coefficient (Wildman–Crippen LogP) is 3.82. The van der Waals surface area contributed by atoms with Crippen molar-refractivity contribution in [3.63, 3.8) is 0 Å². The number of hydrogen-bond acceptors (Lipinski definition) is 7. The molecular formula is C22H23N3O4S. The van der Waals surface area contributed by atoms with Gasteiger partial charge in [-0.15, -0.1) is 11.3 Å². The molecular weight excluding hydrogens is 402 g/mol. The van der Waals surface area contributed by atoms with Crippen molar-refractivity contribution in [2.75, 3.05) is 26.8 Å². The van der Waals surface area contributed by atoms with E-state index in [-0.39, 0.29) is 11.5 Å². The summed E-state index contributed by atoms with van der Waals surface area (Å²) in [5.74, 6) is 1.24. The van der Waals surface area contributed by atoms with E-state index in [0.717, 1.165) is 35.6 Å². The maximum Gasteiger partial charge on any atom is 0.276 e. The van der Waals surface area contributed by atoms with E-state index in [0.29, 0.717) is 31.2 Å². The number of aryl methyl sites for hydroxylation is 1. The largest absolute Gasteiger partial charge is 0.495 e. The van der Waals surface area contributed by atoms with Crippen LogP contribution in [0.25, 0.3) is 10.6 Å². The SMILES string of the molecule is COc1ccc(-c2cc3c(s2)CCOC32CCN(C(=O)c3ncoc3C)CC2)nc1. The summed E-state index contributed by atoms with van der Waals surface area (Å²) >= 11 is 1.79. The summed E-state index contributed by atoms with van der Waals surface area (Å²) in [7, 11) is 1.64. The molecule has 8 heteroatoms. The van der Waals surface area contributed by atoms with E-state index < -0.39 is 0 Å². The number of oxazole rings is 1. The lowest BCUT2D eigenvalue weighted by Crippen LogP contribution is -2.48. The van der Waals surface area contributed by atoms with E-state index in [1.807, 2.05) is 17.0 Å². The van der Waals surface area contributed by atoms with Crippen LogP contribution in [0.5, 0.6) is 5.75 Å². The number of methoxy groups -OCH3 is 1. The van der Waals surface area contributed by atoms with Crippen LogP contribution in [-0.2, 0) is 16.8 Å². The van der Waals surface area contributed by atoms with Gasteiger partial charge in [0.05, 0.1) is 36.1 Å². The second kappa shape index (κ2) is 7.52. The van der Waals surface area contributed by atoms with Crippen molar-refractivity contribution >= 4 is 17.2 Å². The zero-order valence-electron chi connectivity index (χ0n) is 17.0. The molecule has 0 atom stereocenters. The van der Waals surface area contributed by atoms with Crippen molar-refractivity contribution in [3.8, 4) is 16.3 Å². The fraction of sp³-hybridized carbons (Fsp3) is 0.409. The van der Waals surface area contributed by atoms with Gasteiger partial charge in [-0.2, -0.15) is 0 Å². The van der Waals surface area contributed by atoms with Gasteiger partial charge in [-0.1, -0.05) is 0 Å². The van der Waals surface area contributed by atoms with Gasteiger partial charge in [0.15, 0.2) is 12.1 Å². The maximum absolute atomic E-state index is 12.8. The number of likely N-dealkylation sites (tertiary alicyclic amines) is 1. The molecule has 0 aromatic carbocycles. The number of piperidine rings is 1. The van der Waals surface area contributed by atoms with Crippen molar-refractivity contribution < 1.29 is 18.7 Å². The molecule has 1 saturated heterocycles. The molecule has 1 spiro atoms. The van der Waals surface area contributed by atoms with Gasteiger partial charge >= 0.3 is 0 Å². The summed E-state index contributed by atoms with van der Waals surface area (Å²) in [6, 6.07) is 6.15. The minimum absolute atomic E-state index is 0.0689. The minimum atomic E-state index is -0.329. The van der Waals surface area contributed by atoms with Crippen LogP contribution in [0.2, 0.25) is 0 Å². The van der Waals surface area contributed by atoms with Crippen LogP contribution in [0.15, 0.2) is 35.2 Å². The van der Waals surface area contributed by atoms with Gasteiger partial charge < -0.3 is 18.8 Å². The van der Waals surface area contributed by atoms with Gasteiger partial charge in [0.1, 0.15) is 11.5 Å². The van der Waals surface area contributed by atoms with E-state index in [9.17, 15) is 4.79 Å². The third kappa shape index (κ3) is 3.20. The van der Waals surface area contributed by atoms with Crippen LogP contribution in [-0.4, -0.2) is 47.6 Å². The fourth-order valence-corrected chi connectivity index (χ4v) is 5.54. The summed E-state index contributed by atoms with van der Waals surface area (Å²) in [5.41, 5.74) is 2.28. The first-order valence-corrected chi connectivity index (χ1v) is 10.9. The van der Waals surface area contributed by atoms with Gasteiger partial charge in [-0.05, 0) is 43.5 Å². The highest BCUT2D eigenvalue weighted by Crippen LogP contribution is 2.46. The van der Waals surface area contributed by atoms with E-state index in [2.05, 4.69) is 16.0 Å². The van der Waals surface area contributed by atoms with Gasteiger partial charge in [0.2, 0.25) is 0 Å². The maximum atomic E-state index is 12.8. The van der Waals surface area contributed by atoms with Crippen LogP contribution in [0.3, 0.4) is 0 Å². The molecule has 0 saturated carbocycles. The van der Waals surface area contributed by atoms with E-state index >= 15 is 0 Å². The number of aromatic nitrogens is 2. The van der Waals surface area contributed by atoms with Crippen LogP contribution in [0.4, 0.5) is 0 Å². The number of nitrogens with zero attached hydrogens (tertiary/aromatic N) is 3. The summed E-state index contributed by atoms with van der Waals surface area (Å²) in [6.07, 6.45) is 5.53. The quantitative estimate of drug-likeness (QED) is 0.635.